The first-order valence-corrected chi connectivity index (χ1v) is 42.8. The maximum atomic E-state index is 13.1. The van der Waals surface area contributed by atoms with Gasteiger partial charge in [-0.1, -0.05) is 344 Å². The van der Waals surface area contributed by atoms with E-state index in [0.29, 0.717) is 25.7 Å². The van der Waals surface area contributed by atoms with Gasteiger partial charge >= 0.3 is 39.5 Å². The summed E-state index contributed by atoms with van der Waals surface area (Å²) in [5.41, 5.74) is 0. The topological polar surface area (TPSA) is 237 Å². The van der Waals surface area contributed by atoms with Gasteiger partial charge in [0.15, 0.2) is 12.2 Å². The molecule has 96 heavy (non-hydrogen) atoms. The van der Waals surface area contributed by atoms with Crippen molar-refractivity contribution in [3.8, 4) is 0 Å². The van der Waals surface area contributed by atoms with E-state index in [4.69, 9.17) is 37.0 Å². The molecule has 0 saturated heterocycles. The summed E-state index contributed by atoms with van der Waals surface area (Å²) in [6.45, 7) is 11.9. The number of unbranched alkanes of at least 4 members (excludes halogenated alkanes) is 43. The zero-order chi connectivity index (χ0) is 70.9. The Morgan fingerprint density at radius 1 is 0.281 bits per heavy atom. The van der Waals surface area contributed by atoms with Crippen LogP contribution >= 0.6 is 15.6 Å². The summed E-state index contributed by atoms with van der Waals surface area (Å²) in [5, 5.41) is 10.6. The van der Waals surface area contributed by atoms with Crippen LogP contribution in [0.15, 0.2) is 0 Å². The summed E-state index contributed by atoms with van der Waals surface area (Å²) in [7, 11) is -9.91. The van der Waals surface area contributed by atoms with Gasteiger partial charge in [-0.15, -0.1) is 0 Å². The second-order valence-electron chi connectivity index (χ2n) is 29.2. The molecule has 0 saturated carbocycles. The Morgan fingerprint density at radius 2 is 0.479 bits per heavy atom. The van der Waals surface area contributed by atoms with Gasteiger partial charge in [0.2, 0.25) is 0 Å². The Labute approximate surface area is 588 Å². The number of carbonyl (C=O) groups is 4. The van der Waals surface area contributed by atoms with Gasteiger partial charge in [0, 0.05) is 25.7 Å². The number of phosphoric acid groups is 2. The lowest BCUT2D eigenvalue weighted by atomic mass is 10.0. The first-order chi connectivity index (χ1) is 46.2. The Hall–Kier alpha value is -1.94. The zero-order valence-electron chi connectivity index (χ0n) is 62.8. The van der Waals surface area contributed by atoms with Gasteiger partial charge in [0.05, 0.1) is 26.4 Å². The predicted octanol–water partition coefficient (Wildman–Crippen LogP) is 22.6. The van der Waals surface area contributed by atoms with Crippen molar-refractivity contribution in [2.24, 2.45) is 17.8 Å². The van der Waals surface area contributed by atoms with E-state index in [-0.39, 0.29) is 25.7 Å². The van der Waals surface area contributed by atoms with E-state index in [0.717, 1.165) is 108 Å². The monoisotopic (exact) mass is 1410 g/mol. The van der Waals surface area contributed by atoms with Crippen molar-refractivity contribution in [3.05, 3.63) is 0 Å². The molecule has 0 aliphatic carbocycles. The molecule has 2 unspecified atom stereocenters. The molecule has 570 valence electrons. The van der Waals surface area contributed by atoms with Gasteiger partial charge in [-0.05, 0) is 43.4 Å². The van der Waals surface area contributed by atoms with Crippen LogP contribution in [-0.4, -0.2) is 96.7 Å². The molecule has 19 heteroatoms. The molecule has 0 aliphatic rings. The highest BCUT2D eigenvalue weighted by Crippen LogP contribution is 2.45. The Bertz CT molecular complexity index is 1870. The summed E-state index contributed by atoms with van der Waals surface area (Å²) in [5.74, 6) is 0.201. The van der Waals surface area contributed by atoms with E-state index in [1.165, 1.54) is 205 Å². The van der Waals surface area contributed by atoms with Crippen LogP contribution in [0.2, 0.25) is 0 Å². The number of esters is 4. The fraction of sp³-hybridized carbons (Fsp3) is 0.948. The zero-order valence-corrected chi connectivity index (χ0v) is 64.6. The van der Waals surface area contributed by atoms with Crippen LogP contribution in [0.3, 0.4) is 0 Å². The van der Waals surface area contributed by atoms with Gasteiger partial charge in [-0.25, -0.2) is 9.13 Å². The average Bonchev–Trinajstić information content (AvgIpc) is 1.92. The lowest BCUT2D eigenvalue weighted by molar-refractivity contribution is -0.161. The second-order valence-corrected chi connectivity index (χ2v) is 32.1. The molecule has 0 rings (SSSR count). The summed E-state index contributed by atoms with van der Waals surface area (Å²) >= 11 is 0. The van der Waals surface area contributed by atoms with Crippen molar-refractivity contribution in [2.45, 2.75) is 414 Å². The van der Waals surface area contributed by atoms with Gasteiger partial charge in [-0.2, -0.15) is 0 Å². The van der Waals surface area contributed by atoms with E-state index in [2.05, 4.69) is 48.5 Å². The predicted molar refractivity (Wildman–Crippen MR) is 391 cm³/mol. The van der Waals surface area contributed by atoms with Gasteiger partial charge in [0.25, 0.3) is 0 Å². The van der Waals surface area contributed by atoms with Crippen molar-refractivity contribution in [2.75, 3.05) is 39.6 Å². The number of hydrogen-bond donors (Lipinski definition) is 3. The highest BCUT2D eigenvalue weighted by Gasteiger charge is 2.30. The van der Waals surface area contributed by atoms with Crippen LogP contribution in [-0.2, 0) is 65.4 Å². The second kappa shape index (κ2) is 67.5. The lowest BCUT2D eigenvalue weighted by Gasteiger charge is -2.21. The Balaban J connectivity index is 5.24. The highest BCUT2D eigenvalue weighted by atomic mass is 31.2. The van der Waals surface area contributed by atoms with Crippen LogP contribution < -0.4 is 0 Å². The van der Waals surface area contributed by atoms with Crippen molar-refractivity contribution < 1.29 is 80.2 Å². The number of aliphatic hydroxyl groups excluding tert-OH is 1. The van der Waals surface area contributed by atoms with E-state index >= 15 is 0 Å². The van der Waals surface area contributed by atoms with Crippen LogP contribution in [0.25, 0.3) is 0 Å². The first kappa shape index (κ1) is 94.1. The maximum Gasteiger partial charge on any atom is 0.472 e. The Kier molecular flexibility index (Phi) is 66.2. The molecule has 0 aromatic rings. The first-order valence-electron chi connectivity index (χ1n) is 39.8. The van der Waals surface area contributed by atoms with E-state index < -0.39 is 97.5 Å². The normalized spacial score (nSPS) is 14.1. The summed E-state index contributed by atoms with van der Waals surface area (Å²) in [6.07, 6.45) is 54.0. The van der Waals surface area contributed by atoms with Crippen LogP contribution in [0.4, 0.5) is 0 Å². The highest BCUT2D eigenvalue weighted by molar-refractivity contribution is 7.47. The minimum absolute atomic E-state index is 0.105. The summed E-state index contributed by atoms with van der Waals surface area (Å²) < 4.78 is 68.6. The maximum absolute atomic E-state index is 13.1. The van der Waals surface area contributed by atoms with Crippen molar-refractivity contribution in [1.29, 1.82) is 0 Å². The van der Waals surface area contributed by atoms with Crippen LogP contribution in [0.5, 0.6) is 0 Å². The molecular formula is C77H150O17P2. The number of aliphatic hydroxyl groups is 1. The van der Waals surface area contributed by atoms with E-state index in [9.17, 15) is 43.2 Å². The fourth-order valence-electron chi connectivity index (χ4n) is 11.8. The standard InChI is InChI=1S/C77H150O17P2/c1-8-9-10-11-12-13-21-30-37-44-51-58-74(79)87-65-73(94-77(82)61-54-47-40-33-26-29-36-43-50-57-70(6)7)67-92-96(85,86)90-63-71(78)62-89-95(83,84)91-66-72(64-88-75(80)59-52-45-38-31-25-20-23-28-35-42-49-56-69(4)5)93-76(81)60-53-46-39-32-24-19-17-15-14-16-18-22-27-34-41-48-55-68(2)3/h68-73,78H,8-67H2,1-7H3,(H,83,84)(H,85,86)/t71-,72-,73-/m1/s1. The largest absolute Gasteiger partial charge is 0.472 e. The molecule has 0 bridgehead atoms. The fourth-order valence-corrected chi connectivity index (χ4v) is 13.4. The molecule has 0 aliphatic heterocycles. The number of ether oxygens (including phenoxy) is 4. The molecule has 0 heterocycles. The number of phosphoric ester groups is 2. The van der Waals surface area contributed by atoms with E-state index in [1.54, 1.807) is 0 Å². The molecule has 0 spiro atoms. The van der Waals surface area contributed by atoms with E-state index in [1.807, 2.05) is 0 Å². The lowest BCUT2D eigenvalue weighted by Crippen LogP contribution is -2.30. The third-order valence-corrected chi connectivity index (χ3v) is 19.8. The van der Waals surface area contributed by atoms with Crippen molar-refractivity contribution in [3.63, 3.8) is 0 Å². The molecule has 17 nitrogen and oxygen atoms in total. The molecule has 0 aromatic heterocycles. The Morgan fingerprint density at radius 3 is 0.708 bits per heavy atom. The molecule has 3 N–H and O–H groups in total. The number of rotatable bonds is 75. The van der Waals surface area contributed by atoms with Crippen molar-refractivity contribution >= 4 is 39.5 Å². The average molecular weight is 1410 g/mol. The summed E-state index contributed by atoms with van der Waals surface area (Å²) in [6, 6.07) is 0. The minimum atomic E-state index is -4.96. The third-order valence-electron chi connectivity index (χ3n) is 17.9. The molecule has 0 fully saturated rings. The van der Waals surface area contributed by atoms with Crippen molar-refractivity contribution in [1.82, 2.24) is 0 Å². The molecule has 0 amide bonds. The quantitative estimate of drug-likeness (QED) is 0.0222. The smallest absolute Gasteiger partial charge is 0.462 e. The van der Waals surface area contributed by atoms with Crippen LogP contribution in [0, 0.1) is 17.8 Å². The van der Waals surface area contributed by atoms with Crippen LogP contribution in [0.1, 0.15) is 395 Å². The number of carbonyl (C=O) groups excluding carboxylic acids is 4. The van der Waals surface area contributed by atoms with Gasteiger partial charge in [0.1, 0.15) is 19.3 Å². The minimum Gasteiger partial charge on any atom is -0.462 e. The van der Waals surface area contributed by atoms with Gasteiger partial charge in [-0.3, -0.25) is 37.3 Å². The molecular weight excluding hydrogens is 1260 g/mol. The number of hydrogen-bond acceptors (Lipinski definition) is 15. The summed E-state index contributed by atoms with van der Waals surface area (Å²) in [4.78, 5) is 72.8. The molecule has 0 radical (unpaired) electrons. The van der Waals surface area contributed by atoms with Gasteiger partial charge < -0.3 is 33.8 Å². The molecule has 0 aromatic carbocycles. The third kappa shape index (κ3) is 70.5. The SMILES string of the molecule is CCCCCCCCCCCCCC(=O)OC[C@H](COP(=O)(O)OC[C@H](O)COP(=O)(O)OC[C@@H](COC(=O)CCCCCCCCCCCCCC(C)C)OC(=O)CCCCCCCCCCCCCCCCCCC(C)C)OC(=O)CCCCCCCCCCCC(C)C. The molecule has 5 atom stereocenters.